The van der Waals surface area contributed by atoms with Gasteiger partial charge in [0.2, 0.25) is 0 Å². The predicted molar refractivity (Wildman–Crippen MR) is 55.7 cm³/mol. The van der Waals surface area contributed by atoms with Gasteiger partial charge in [-0.3, -0.25) is 4.79 Å². The second-order valence-electron chi connectivity index (χ2n) is 4.35. The third kappa shape index (κ3) is 3.09. The predicted octanol–water partition coefficient (Wildman–Crippen LogP) is 3.49. The van der Waals surface area contributed by atoms with Crippen molar-refractivity contribution in [2.75, 3.05) is 13.1 Å². The molecule has 19 heavy (non-hydrogen) atoms. The summed E-state index contributed by atoms with van der Waals surface area (Å²) in [6.45, 7) is -0.309. The summed E-state index contributed by atoms with van der Waals surface area (Å²) in [5.41, 5.74) is 0. The lowest BCUT2D eigenvalue weighted by Gasteiger charge is -2.32. The van der Waals surface area contributed by atoms with Crippen LogP contribution in [0.2, 0.25) is 0 Å². The molecule has 1 heterocycles. The van der Waals surface area contributed by atoms with E-state index in [2.05, 4.69) is 11.6 Å². The minimum absolute atomic E-state index is 0.154. The molecule has 2 nitrogen and oxygen atoms in total. The van der Waals surface area contributed by atoms with Gasteiger partial charge >= 0.3 is 17.2 Å². The van der Waals surface area contributed by atoms with Gasteiger partial charge in [0.15, 0.2) is 0 Å². The number of hydrogen-bond acceptors (Lipinski definition) is 1. The quantitative estimate of drug-likeness (QED) is 0.577. The van der Waals surface area contributed by atoms with Crippen LogP contribution in [-0.2, 0) is 4.79 Å². The zero-order valence-electron chi connectivity index (χ0n) is 9.74. The number of rotatable bonds is 3. The molecular weight excluding hydrogens is 300 g/mol. The minimum Gasteiger partial charge on any atom is -0.337 e. The Bertz CT molecular complexity index is 335. The molecule has 0 unspecified atom stereocenters. The van der Waals surface area contributed by atoms with Crippen molar-refractivity contribution in [3.8, 4) is 0 Å². The largest absolute Gasteiger partial charge is 0.395 e. The first kappa shape index (κ1) is 16.4. The van der Waals surface area contributed by atoms with Gasteiger partial charge in [0, 0.05) is 13.1 Å². The molecule has 0 aromatic carbocycles. The van der Waals surface area contributed by atoms with Gasteiger partial charge in [0.05, 0.1) is 0 Å². The molecule has 0 aromatic heterocycles. The highest BCUT2D eigenvalue weighted by atomic mass is 35.5. The molecule has 0 N–H and O–H groups in total. The molecular formula is C10H12ClF6NO. The van der Waals surface area contributed by atoms with Crippen molar-refractivity contribution in [1.82, 2.24) is 4.90 Å². The molecule has 1 aliphatic heterocycles. The fraction of sp³-hybridized carbons (Fsp3) is 0.900. The van der Waals surface area contributed by atoms with Crippen LogP contribution in [0.3, 0.4) is 0 Å². The molecule has 1 saturated heterocycles. The first-order valence-corrected chi connectivity index (χ1v) is 6.01. The first-order valence-electron chi connectivity index (χ1n) is 5.63. The van der Waals surface area contributed by atoms with E-state index >= 15 is 0 Å². The summed E-state index contributed by atoms with van der Waals surface area (Å²) < 4.78 is 77.2. The molecule has 112 valence electrons. The lowest BCUT2D eigenvalue weighted by Crippen LogP contribution is -2.59. The Labute approximate surface area is 110 Å². The number of alkyl halides is 7. The van der Waals surface area contributed by atoms with Gasteiger partial charge in [-0.1, -0.05) is 12.8 Å². The highest BCUT2D eigenvalue weighted by Crippen LogP contribution is 2.48. The topological polar surface area (TPSA) is 20.3 Å². The maximum atomic E-state index is 13.3. The molecule has 1 aliphatic rings. The number of likely N-dealkylation sites (tertiary alicyclic amines) is 1. The van der Waals surface area contributed by atoms with Crippen LogP contribution in [0.25, 0.3) is 0 Å². The van der Waals surface area contributed by atoms with Crippen LogP contribution in [0.4, 0.5) is 26.3 Å². The molecule has 0 saturated carbocycles. The van der Waals surface area contributed by atoms with Crippen molar-refractivity contribution in [2.24, 2.45) is 0 Å². The molecule has 0 bridgehead atoms. The summed E-state index contributed by atoms with van der Waals surface area (Å²) in [6.07, 6.45) is 2.06. The van der Waals surface area contributed by atoms with E-state index in [0.717, 1.165) is 0 Å². The number of carbonyl (C=O) groups excluding carboxylic acids is 1. The Morgan fingerprint density at radius 2 is 1.32 bits per heavy atom. The van der Waals surface area contributed by atoms with Crippen LogP contribution in [0.15, 0.2) is 0 Å². The van der Waals surface area contributed by atoms with E-state index in [1.807, 2.05) is 0 Å². The van der Waals surface area contributed by atoms with Crippen molar-refractivity contribution in [3.05, 3.63) is 0 Å². The van der Waals surface area contributed by atoms with E-state index < -0.39 is 23.1 Å². The zero-order valence-corrected chi connectivity index (χ0v) is 10.5. The standard InChI is InChI=1S/C10H12ClF6NO/c11-10(16,17)9(14,15)8(12,13)7(19)18-5-3-1-2-4-6-18/h1-6H2. The van der Waals surface area contributed by atoms with E-state index in [9.17, 15) is 31.1 Å². The fourth-order valence-electron chi connectivity index (χ4n) is 1.78. The Morgan fingerprint density at radius 1 is 0.895 bits per heavy atom. The van der Waals surface area contributed by atoms with E-state index in [1.165, 1.54) is 0 Å². The average Bonchev–Trinajstić information content (AvgIpc) is 2.54. The Morgan fingerprint density at radius 3 is 1.68 bits per heavy atom. The van der Waals surface area contributed by atoms with Crippen molar-refractivity contribution in [3.63, 3.8) is 0 Å². The number of nitrogens with zero attached hydrogens (tertiary/aromatic N) is 1. The van der Waals surface area contributed by atoms with Crippen LogP contribution < -0.4 is 0 Å². The first-order chi connectivity index (χ1) is 8.52. The van der Waals surface area contributed by atoms with Gasteiger partial charge in [-0.05, 0) is 24.4 Å². The van der Waals surface area contributed by atoms with E-state index in [0.29, 0.717) is 30.6 Å². The number of carbonyl (C=O) groups is 1. The summed E-state index contributed by atoms with van der Waals surface area (Å²) in [6, 6.07) is 0. The highest BCUT2D eigenvalue weighted by Gasteiger charge is 2.75. The summed E-state index contributed by atoms with van der Waals surface area (Å²) in [4.78, 5) is 11.9. The lowest BCUT2D eigenvalue weighted by atomic mass is 10.1. The Hall–Kier alpha value is -0.660. The summed E-state index contributed by atoms with van der Waals surface area (Å²) in [5, 5.41) is -5.50. The van der Waals surface area contributed by atoms with Gasteiger partial charge < -0.3 is 4.90 Å². The highest BCUT2D eigenvalue weighted by molar-refractivity contribution is 6.22. The van der Waals surface area contributed by atoms with Crippen LogP contribution in [0, 0.1) is 0 Å². The third-order valence-corrected chi connectivity index (χ3v) is 3.15. The van der Waals surface area contributed by atoms with E-state index in [1.54, 1.807) is 0 Å². The van der Waals surface area contributed by atoms with Crippen LogP contribution in [0.1, 0.15) is 25.7 Å². The average molecular weight is 312 g/mol. The van der Waals surface area contributed by atoms with Crippen LogP contribution >= 0.6 is 11.6 Å². The Kier molecular flexibility index (Phi) is 4.64. The normalized spacial score (nSPS) is 19.2. The smallest absolute Gasteiger partial charge is 0.337 e. The van der Waals surface area contributed by atoms with Gasteiger partial charge in [-0.2, -0.15) is 26.3 Å². The fourth-order valence-corrected chi connectivity index (χ4v) is 1.90. The maximum Gasteiger partial charge on any atom is 0.395 e. The second kappa shape index (κ2) is 5.38. The number of amides is 1. The molecule has 0 radical (unpaired) electrons. The van der Waals surface area contributed by atoms with E-state index in [4.69, 9.17) is 0 Å². The molecule has 9 heteroatoms. The molecule has 0 aliphatic carbocycles. The van der Waals surface area contributed by atoms with Gasteiger partial charge in [0.1, 0.15) is 0 Å². The monoisotopic (exact) mass is 311 g/mol. The van der Waals surface area contributed by atoms with Crippen LogP contribution in [-0.4, -0.2) is 41.1 Å². The number of halogens is 7. The molecule has 1 fully saturated rings. The summed E-state index contributed by atoms with van der Waals surface area (Å²) in [7, 11) is 0. The van der Waals surface area contributed by atoms with Crippen molar-refractivity contribution >= 4 is 17.5 Å². The number of hydrogen-bond donors (Lipinski definition) is 0. The maximum absolute atomic E-state index is 13.3. The van der Waals surface area contributed by atoms with Crippen molar-refractivity contribution in [2.45, 2.75) is 42.9 Å². The SMILES string of the molecule is O=C(N1CCCCCC1)C(F)(F)C(F)(F)C(F)(F)Cl. The summed E-state index contributed by atoms with van der Waals surface area (Å²) >= 11 is 3.99. The lowest BCUT2D eigenvalue weighted by molar-refractivity contribution is -0.273. The Balaban J connectivity index is 2.95. The third-order valence-electron chi connectivity index (χ3n) is 2.91. The molecule has 0 atom stereocenters. The zero-order chi connectivity index (χ0) is 14.9. The van der Waals surface area contributed by atoms with E-state index in [-0.39, 0.29) is 13.1 Å². The molecule has 0 spiro atoms. The molecule has 1 rings (SSSR count). The molecule has 0 aromatic rings. The second-order valence-corrected chi connectivity index (χ2v) is 4.83. The van der Waals surface area contributed by atoms with Gasteiger partial charge in [-0.15, -0.1) is 0 Å². The van der Waals surface area contributed by atoms with Crippen LogP contribution in [0.5, 0.6) is 0 Å². The van der Waals surface area contributed by atoms with Gasteiger partial charge in [-0.25, -0.2) is 0 Å². The van der Waals surface area contributed by atoms with Crippen molar-refractivity contribution in [1.29, 1.82) is 0 Å². The molecule has 1 amide bonds. The van der Waals surface area contributed by atoms with Crippen molar-refractivity contribution < 1.29 is 31.1 Å². The van der Waals surface area contributed by atoms with Gasteiger partial charge in [0.25, 0.3) is 5.91 Å². The summed E-state index contributed by atoms with van der Waals surface area (Å²) in [5.74, 6) is -13.8. The minimum atomic E-state index is -5.94.